The number of hydrogen-bond donors (Lipinski definition) is 3. The molecule has 0 aromatic heterocycles. The van der Waals surface area contributed by atoms with E-state index < -0.39 is 12.6 Å². The van der Waals surface area contributed by atoms with Crippen molar-refractivity contribution in [3.8, 4) is 0 Å². The van der Waals surface area contributed by atoms with E-state index in [1.807, 2.05) is 0 Å². The van der Waals surface area contributed by atoms with Gasteiger partial charge >= 0.3 is 5.97 Å². The van der Waals surface area contributed by atoms with Crippen molar-refractivity contribution in [2.24, 2.45) is 5.92 Å². The van der Waals surface area contributed by atoms with Crippen molar-refractivity contribution in [2.45, 2.75) is 39.5 Å². The lowest BCUT2D eigenvalue weighted by Gasteiger charge is -2.01. The van der Waals surface area contributed by atoms with Crippen LogP contribution in [0.3, 0.4) is 0 Å². The number of unbranched alkanes of at least 4 members (excludes halogenated alkanes) is 2. The van der Waals surface area contributed by atoms with Crippen molar-refractivity contribution in [2.75, 3.05) is 12.4 Å². The average Bonchev–Trinajstić information content (AvgIpc) is 2.13. The van der Waals surface area contributed by atoms with Gasteiger partial charge in [-0.25, -0.2) is 4.79 Å². The summed E-state index contributed by atoms with van der Waals surface area (Å²) in [4.78, 5) is 9.12. The molecule has 0 aromatic carbocycles. The van der Waals surface area contributed by atoms with Gasteiger partial charge in [-0.3, -0.25) is 0 Å². The van der Waals surface area contributed by atoms with Crippen LogP contribution in [0.4, 0.5) is 0 Å². The Morgan fingerprint density at radius 2 is 1.79 bits per heavy atom. The number of aliphatic carboxylic acids is 1. The number of hydrogen-bond acceptors (Lipinski definition) is 3. The third-order valence-corrected chi connectivity index (χ3v) is 1.89. The second-order valence-electron chi connectivity index (χ2n) is 3.52. The maximum Gasteiger partial charge on any atom is 0.329 e. The summed E-state index contributed by atoms with van der Waals surface area (Å²) in [6.45, 7) is 3.78. The first-order valence-corrected chi connectivity index (χ1v) is 5.61. The lowest BCUT2D eigenvalue weighted by molar-refractivity contribution is -0.140. The topological polar surface area (TPSA) is 57.5 Å². The maximum absolute atomic E-state index is 9.12. The van der Waals surface area contributed by atoms with E-state index in [9.17, 15) is 0 Å². The fourth-order valence-corrected chi connectivity index (χ4v) is 1.06. The molecule has 0 fully saturated rings. The quantitative estimate of drug-likeness (QED) is 0.477. The predicted molar refractivity (Wildman–Crippen MR) is 61.9 cm³/mol. The largest absolute Gasteiger partial charge is 0.480 e. The van der Waals surface area contributed by atoms with Crippen LogP contribution < -0.4 is 0 Å². The minimum atomic E-state index is -1.19. The van der Waals surface area contributed by atoms with Crippen LogP contribution >= 0.6 is 12.6 Å². The lowest BCUT2D eigenvalue weighted by Crippen LogP contribution is -1.98. The molecule has 0 atom stereocenters. The van der Waals surface area contributed by atoms with E-state index in [2.05, 4.69) is 26.5 Å². The molecule has 0 aromatic rings. The van der Waals surface area contributed by atoms with Crippen LogP contribution in [-0.4, -0.2) is 28.5 Å². The molecule has 0 amide bonds. The highest BCUT2D eigenvalue weighted by atomic mass is 32.1. The lowest BCUT2D eigenvalue weighted by atomic mass is 10.1. The number of carbonyl (C=O) groups is 1. The van der Waals surface area contributed by atoms with Crippen LogP contribution in [0.2, 0.25) is 0 Å². The van der Waals surface area contributed by atoms with E-state index in [4.69, 9.17) is 15.0 Å². The van der Waals surface area contributed by atoms with Crippen molar-refractivity contribution < 1.29 is 15.0 Å². The molecule has 0 unspecified atom stereocenters. The fraction of sp³-hybridized carbons (Fsp3) is 0.900. The fourth-order valence-electron chi connectivity index (χ4n) is 0.841. The summed E-state index contributed by atoms with van der Waals surface area (Å²) in [5, 5.41) is 15.0. The van der Waals surface area contributed by atoms with Crippen molar-refractivity contribution in [1.82, 2.24) is 0 Å². The van der Waals surface area contributed by atoms with Crippen LogP contribution in [0.5, 0.6) is 0 Å². The minimum Gasteiger partial charge on any atom is -0.480 e. The third kappa shape index (κ3) is 22.6. The zero-order chi connectivity index (χ0) is 11.4. The molecule has 0 aliphatic rings. The van der Waals surface area contributed by atoms with E-state index >= 15 is 0 Å². The monoisotopic (exact) mass is 222 g/mol. The van der Waals surface area contributed by atoms with Crippen molar-refractivity contribution in [3.05, 3.63) is 0 Å². The Kier molecular flexibility index (Phi) is 14.8. The molecule has 0 rings (SSSR count). The van der Waals surface area contributed by atoms with Gasteiger partial charge in [0, 0.05) is 0 Å². The molecule has 0 saturated carbocycles. The molecule has 0 bridgehead atoms. The second kappa shape index (κ2) is 12.8. The summed E-state index contributed by atoms with van der Waals surface area (Å²) in [5.41, 5.74) is 0. The van der Waals surface area contributed by atoms with Gasteiger partial charge in [-0.05, 0) is 18.1 Å². The van der Waals surface area contributed by atoms with Gasteiger partial charge in [0.25, 0.3) is 0 Å². The molecular formula is C10H22O3S. The van der Waals surface area contributed by atoms with E-state index in [1.54, 1.807) is 0 Å². The molecule has 0 saturated heterocycles. The number of thiol groups is 1. The van der Waals surface area contributed by atoms with Crippen LogP contribution in [0.25, 0.3) is 0 Å². The summed E-state index contributed by atoms with van der Waals surface area (Å²) in [6, 6.07) is 0. The molecule has 0 spiro atoms. The van der Waals surface area contributed by atoms with Gasteiger partial charge < -0.3 is 10.2 Å². The van der Waals surface area contributed by atoms with Gasteiger partial charge in [-0.2, -0.15) is 12.6 Å². The standard InChI is InChI=1S/C8H18S.C2H4O3/c1-8(2)6-4-3-5-7-9;3-1-2(4)5/h8-9H,3-7H2,1-2H3;3H,1H2,(H,4,5). The van der Waals surface area contributed by atoms with Gasteiger partial charge in [-0.1, -0.05) is 33.1 Å². The Labute approximate surface area is 91.9 Å². The summed E-state index contributed by atoms with van der Waals surface area (Å²) in [7, 11) is 0. The molecule has 86 valence electrons. The first-order chi connectivity index (χ1) is 6.54. The van der Waals surface area contributed by atoms with Gasteiger partial charge in [0.15, 0.2) is 0 Å². The molecule has 0 aliphatic heterocycles. The molecular weight excluding hydrogens is 200 g/mol. The van der Waals surface area contributed by atoms with Crippen LogP contribution in [0, 0.1) is 5.92 Å². The summed E-state index contributed by atoms with van der Waals surface area (Å²) in [6.07, 6.45) is 5.42. The Bertz CT molecular complexity index is 127. The highest BCUT2D eigenvalue weighted by molar-refractivity contribution is 7.80. The second-order valence-corrected chi connectivity index (χ2v) is 3.97. The summed E-state index contributed by atoms with van der Waals surface area (Å²) >= 11 is 4.15. The predicted octanol–water partition coefficient (Wildman–Crippen LogP) is 2.20. The smallest absolute Gasteiger partial charge is 0.329 e. The summed E-state index contributed by atoms with van der Waals surface area (Å²) < 4.78 is 0. The Morgan fingerprint density at radius 3 is 2.07 bits per heavy atom. The average molecular weight is 222 g/mol. The van der Waals surface area contributed by atoms with Gasteiger partial charge in [-0.15, -0.1) is 0 Å². The number of aliphatic hydroxyl groups excluding tert-OH is 1. The van der Waals surface area contributed by atoms with E-state index in [0.717, 1.165) is 11.7 Å². The van der Waals surface area contributed by atoms with Crippen LogP contribution in [0.1, 0.15) is 39.5 Å². The SMILES string of the molecule is CC(C)CCCCCS.O=C(O)CO. The first-order valence-electron chi connectivity index (χ1n) is 4.98. The van der Waals surface area contributed by atoms with Gasteiger partial charge in [0.1, 0.15) is 6.61 Å². The Hall–Kier alpha value is -0.220. The molecule has 4 heteroatoms. The molecule has 0 heterocycles. The number of carboxylic acids is 1. The molecule has 0 radical (unpaired) electrons. The summed E-state index contributed by atoms with van der Waals surface area (Å²) in [5.74, 6) is 0.743. The minimum absolute atomic E-state index is 0.778. The molecule has 0 aliphatic carbocycles. The molecule has 14 heavy (non-hydrogen) atoms. The zero-order valence-electron chi connectivity index (χ0n) is 9.07. The Morgan fingerprint density at radius 1 is 1.29 bits per heavy atom. The number of rotatable bonds is 6. The van der Waals surface area contributed by atoms with E-state index in [0.29, 0.717) is 0 Å². The van der Waals surface area contributed by atoms with Crippen LogP contribution in [0.15, 0.2) is 0 Å². The number of carboxylic acid groups (broad SMARTS) is 1. The third-order valence-electron chi connectivity index (χ3n) is 1.57. The first kappa shape index (κ1) is 16.2. The zero-order valence-corrected chi connectivity index (χ0v) is 9.96. The van der Waals surface area contributed by atoms with Crippen molar-refractivity contribution >= 4 is 18.6 Å². The number of aliphatic hydroxyl groups is 1. The molecule has 2 N–H and O–H groups in total. The van der Waals surface area contributed by atoms with Gasteiger partial charge in [0.2, 0.25) is 0 Å². The Balaban J connectivity index is 0. The van der Waals surface area contributed by atoms with Crippen molar-refractivity contribution in [3.63, 3.8) is 0 Å². The normalized spacial score (nSPS) is 9.50. The van der Waals surface area contributed by atoms with E-state index in [-0.39, 0.29) is 0 Å². The highest BCUT2D eigenvalue weighted by Gasteiger charge is 1.92. The van der Waals surface area contributed by atoms with Gasteiger partial charge in [0.05, 0.1) is 0 Å². The van der Waals surface area contributed by atoms with Crippen LogP contribution in [-0.2, 0) is 4.79 Å². The maximum atomic E-state index is 9.12. The highest BCUT2D eigenvalue weighted by Crippen LogP contribution is 2.07. The van der Waals surface area contributed by atoms with Crippen molar-refractivity contribution in [1.29, 1.82) is 0 Å². The van der Waals surface area contributed by atoms with E-state index in [1.165, 1.54) is 25.7 Å². The molecule has 3 nitrogen and oxygen atoms in total.